The summed E-state index contributed by atoms with van der Waals surface area (Å²) in [6.45, 7) is 9.84. The zero-order chi connectivity index (χ0) is 7.71. The largest absolute Gasteiger partial charge is 0.436 e. The Hall–Kier alpha value is 0.354. The zero-order valence-electron chi connectivity index (χ0n) is 6.86. The van der Waals surface area contributed by atoms with Crippen LogP contribution in [0.5, 0.6) is 0 Å². The summed E-state index contributed by atoms with van der Waals surface area (Å²) in [5.41, 5.74) is 0. The van der Waals surface area contributed by atoms with Gasteiger partial charge in [0.2, 0.25) is 0 Å². The molecule has 0 bridgehead atoms. The van der Waals surface area contributed by atoms with Crippen molar-refractivity contribution in [2.45, 2.75) is 55.0 Å². The first-order valence-corrected chi connectivity index (χ1v) is 9.40. The lowest BCUT2D eigenvalue weighted by Gasteiger charge is -2.25. The highest BCUT2D eigenvalue weighted by Crippen LogP contribution is 2.10. The molecule has 0 aliphatic heterocycles. The first-order chi connectivity index (χ1) is 3.71. The Kier molecular flexibility index (Phi) is 13.0. The lowest BCUT2D eigenvalue weighted by molar-refractivity contribution is 0.389. The Morgan fingerprint density at radius 1 is 0.833 bits per heavy atom. The maximum absolute atomic E-state index is 9.30. The van der Waals surface area contributed by atoms with Crippen LogP contribution in [-0.2, 0) is 4.12 Å². The average Bonchev–Trinajstić information content (AvgIpc) is 1.14. The van der Waals surface area contributed by atoms with Crippen molar-refractivity contribution in [2.75, 3.05) is 0 Å². The molecule has 0 aromatic rings. The van der Waals surface area contributed by atoms with Crippen LogP contribution >= 0.6 is 0 Å². The third kappa shape index (κ3) is 22.4. The average molecular weight is 212 g/mol. The van der Waals surface area contributed by atoms with Gasteiger partial charge in [0.1, 0.15) is 0 Å². The van der Waals surface area contributed by atoms with Crippen LogP contribution in [0.15, 0.2) is 0 Å². The van der Waals surface area contributed by atoms with Crippen LogP contribution < -0.4 is 0 Å². The summed E-state index contributed by atoms with van der Waals surface area (Å²) in [6, 6.07) is 0. The molecule has 0 fully saturated rings. The van der Waals surface area contributed by atoms with Crippen LogP contribution in [0.2, 0.25) is 32.7 Å². The summed E-state index contributed by atoms with van der Waals surface area (Å²) < 4.78 is 5.46. The van der Waals surface area contributed by atoms with E-state index in [4.69, 9.17) is 4.12 Å². The third-order valence-corrected chi connectivity index (χ3v) is 5.00. The Morgan fingerprint density at radius 2 is 1.08 bits per heavy atom. The van der Waals surface area contributed by atoms with Crippen LogP contribution in [-0.4, -0.2) is 21.7 Å². The lowest BCUT2D eigenvalue weighted by atomic mass is 11.8. The Morgan fingerprint density at radius 3 is 1.08 bits per heavy atom. The van der Waals surface area contributed by atoms with Gasteiger partial charge in [-0.2, -0.15) is 0 Å². The molecule has 12 heavy (non-hydrogen) atoms. The van der Waals surface area contributed by atoms with Crippen LogP contribution in [0.25, 0.3) is 0 Å². The van der Waals surface area contributed by atoms with Crippen molar-refractivity contribution in [1.29, 1.82) is 0 Å². The van der Waals surface area contributed by atoms with E-state index >= 15 is 0 Å². The van der Waals surface area contributed by atoms with E-state index < -0.39 is 16.9 Å². The maximum Gasteiger partial charge on any atom is 0.318 e. The summed E-state index contributed by atoms with van der Waals surface area (Å²) in [5, 5.41) is 0. The zero-order valence-corrected chi connectivity index (χ0v) is 8.86. The fourth-order valence-corrected chi connectivity index (χ4v) is 6.74. The van der Waals surface area contributed by atoms with E-state index in [0.29, 0.717) is 0 Å². The molecule has 0 saturated heterocycles. The predicted molar refractivity (Wildman–Crippen MR) is 64.3 cm³/mol. The van der Waals surface area contributed by atoms with Gasteiger partial charge in [-0.05, 0) is 32.7 Å². The van der Waals surface area contributed by atoms with Gasteiger partial charge in [0, 0.05) is 0 Å². The molecule has 0 heterocycles. The Bertz CT molecular complexity index is 80.2. The number of hydrogen-bond donors (Lipinski definition) is 1. The van der Waals surface area contributed by atoms with Gasteiger partial charge in [0.15, 0.2) is 8.32 Å². The molecule has 2 nitrogen and oxygen atoms in total. The second-order valence-electron chi connectivity index (χ2n) is 3.66. The van der Waals surface area contributed by atoms with Crippen LogP contribution in [0.4, 0.5) is 0 Å². The molecular weight excluding hydrogens is 184 g/mol. The molecular formula is C8H28O2Si2. The second-order valence-corrected chi connectivity index (χ2v) is 11.6. The second kappa shape index (κ2) is 6.83. The van der Waals surface area contributed by atoms with Crippen molar-refractivity contribution in [3.8, 4) is 0 Å². The third-order valence-electron chi connectivity index (χ3n) is 0.556. The Labute approximate surface area is 81.4 Å². The van der Waals surface area contributed by atoms with Crippen molar-refractivity contribution in [1.82, 2.24) is 0 Å². The quantitative estimate of drug-likeness (QED) is 0.711. The fourth-order valence-electron chi connectivity index (χ4n) is 0.749. The molecule has 0 saturated carbocycles. The Balaban J connectivity index is -0.000000107. The molecule has 0 aromatic carbocycles. The first-order valence-electron chi connectivity index (χ1n) is 3.13. The predicted octanol–water partition coefficient (Wildman–Crippen LogP) is 3.44. The monoisotopic (exact) mass is 212 g/mol. The van der Waals surface area contributed by atoms with Gasteiger partial charge >= 0.3 is 8.56 Å². The summed E-state index contributed by atoms with van der Waals surface area (Å²) in [7, 11) is -3.71. The molecule has 4 heteroatoms. The normalized spacial score (nSPS) is 10.5. The molecule has 0 spiro atoms. The van der Waals surface area contributed by atoms with Gasteiger partial charge < -0.3 is 8.91 Å². The summed E-state index contributed by atoms with van der Waals surface area (Å²) in [4.78, 5) is 9.30. The standard InChI is InChI=1S/C5H16O2Si2.3CH4/c1-8(2,3)7-9(4,5)6;;;/h6H,1-5H3;3*1H4. The summed E-state index contributed by atoms with van der Waals surface area (Å²) in [5.74, 6) is 0. The van der Waals surface area contributed by atoms with Gasteiger partial charge in [-0.15, -0.1) is 0 Å². The first kappa shape index (κ1) is 22.8. The number of hydrogen-bond acceptors (Lipinski definition) is 2. The van der Waals surface area contributed by atoms with E-state index in [1.807, 2.05) is 0 Å². The van der Waals surface area contributed by atoms with Crippen molar-refractivity contribution in [3.63, 3.8) is 0 Å². The minimum Gasteiger partial charge on any atom is -0.436 e. The van der Waals surface area contributed by atoms with Gasteiger partial charge in [0.05, 0.1) is 0 Å². The maximum atomic E-state index is 9.30. The molecule has 0 atom stereocenters. The van der Waals surface area contributed by atoms with E-state index in [1.54, 1.807) is 13.1 Å². The van der Waals surface area contributed by atoms with E-state index in [1.165, 1.54) is 0 Å². The van der Waals surface area contributed by atoms with E-state index in [2.05, 4.69) is 19.6 Å². The van der Waals surface area contributed by atoms with Gasteiger partial charge in [-0.3, -0.25) is 0 Å². The SMILES string of the molecule is C.C.C.C[Si](C)(C)O[Si](C)(C)O. The minimum atomic E-state index is -2.23. The molecule has 0 radical (unpaired) electrons. The molecule has 0 aromatic heterocycles. The molecule has 0 amide bonds. The smallest absolute Gasteiger partial charge is 0.318 e. The highest BCUT2D eigenvalue weighted by Gasteiger charge is 2.27. The molecule has 80 valence electrons. The van der Waals surface area contributed by atoms with Gasteiger partial charge in [-0.25, -0.2) is 0 Å². The lowest BCUT2D eigenvalue weighted by Crippen LogP contribution is -2.42. The molecule has 0 aliphatic carbocycles. The molecule has 0 unspecified atom stereocenters. The van der Waals surface area contributed by atoms with Crippen LogP contribution in [0.3, 0.4) is 0 Å². The van der Waals surface area contributed by atoms with Crippen molar-refractivity contribution >= 4 is 16.9 Å². The van der Waals surface area contributed by atoms with Crippen molar-refractivity contribution in [2.24, 2.45) is 0 Å². The van der Waals surface area contributed by atoms with E-state index in [-0.39, 0.29) is 22.3 Å². The highest BCUT2D eigenvalue weighted by molar-refractivity contribution is 6.80. The fraction of sp³-hybridized carbons (Fsp3) is 1.00. The minimum absolute atomic E-state index is 0. The van der Waals surface area contributed by atoms with Gasteiger partial charge in [0.25, 0.3) is 0 Å². The van der Waals surface area contributed by atoms with Gasteiger partial charge in [-0.1, -0.05) is 22.3 Å². The molecule has 0 aliphatic rings. The summed E-state index contributed by atoms with van der Waals surface area (Å²) >= 11 is 0. The molecule has 0 rings (SSSR count). The highest BCUT2D eigenvalue weighted by atomic mass is 28.4. The van der Waals surface area contributed by atoms with E-state index in [9.17, 15) is 4.80 Å². The summed E-state index contributed by atoms with van der Waals surface area (Å²) in [6.07, 6.45) is 0. The van der Waals surface area contributed by atoms with Crippen molar-refractivity contribution in [3.05, 3.63) is 0 Å². The molecule has 1 N–H and O–H groups in total. The van der Waals surface area contributed by atoms with Crippen LogP contribution in [0.1, 0.15) is 22.3 Å². The van der Waals surface area contributed by atoms with Crippen LogP contribution in [0, 0.1) is 0 Å². The van der Waals surface area contributed by atoms with E-state index in [0.717, 1.165) is 0 Å². The van der Waals surface area contributed by atoms with Crippen molar-refractivity contribution < 1.29 is 8.91 Å². The number of rotatable bonds is 2. The topological polar surface area (TPSA) is 29.5 Å².